The van der Waals surface area contributed by atoms with Crippen LogP contribution in [-0.2, 0) is 17.6 Å². The molecule has 7 heteroatoms. The quantitative estimate of drug-likeness (QED) is 0.695. The van der Waals surface area contributed by atoms with Crippen molar-refractivity contribution in [2.75, 3.05) is 19.7 Å². The van der Waals surface area contributed by atoms with Gasteiger partial charge in [-0.1, -0.05) is 12.1 Å². The highest BCUT2D eigenvalue weighted by Gasteiger charge is 2.23. The van der Waals surface area contributed by atoms with Gasteiger partial charge in [-0.3, -0.25) is 14.6 Å². The summed E-state index contributed by atoms with van der Waals surface area (Å²) in [5, 5.41) is 0. The number of rotatable bonds is 8. The Morgan fingerprint density at radius 1 is 1.10 bits per heavy atom. The number of ether oxygens (including phenoxy) is 1. The number of nitrogens with one attached hydrogen (secondary N) is 2. The number of carbonyl (C=O) groups is 1. The van der Waals surface area contributed by atoms with Crippen molar-refractivity contribution >= 4 is 5.91 Å². The number of piperidine rings is 1. The molecule has 1 amide bonds. The zero-order chi connectivity index (χ0) is 21.5. The number of aryl methyl sites for hydroxylation is 2. The minimum Gasteiger partial charge on any atom is -0.494 e. The van der Waals surface area contributed by atoms with Crippen LogP contribution in [0.5, 0.6) is 5.75 Å². The van der Waals surface area contributed by atoms with Crippen LogP contribution in [0.4, 0.5) is 0 Å². The maximum Gasteiger partial charge on any atom is 0.325 e. The second-order valence-corrected chi connectivity index (χ2v) is 7.95. The van der Waals surface area contributed by atoms with E-state index in [9.17, 15) is 14.4 Å². The van der Waals surface area contributed by atoms with Gasteiger partial charge in [0.1, 0.15) is 5.75 Å². The van der Waals surface area contributed by atoms with E-state index in [1.807, 2.05) is 24.0 Å². The number of H-pyrrole nitrogens is 2. The molecular formula is C23H31N3O4. The summed E-state index contributed by atoms with van der Waals surface area (Å²) >= 11 is 0. The molecule has 2 aromatic rings. The highest BCUT2D eigenvalue weighted by Crippen LogP contribution is 2.24. The fourth-order valence-electron chi connectivity index (χ4n) is 4.08. The van der Waals surface area contributed by atoms with E-state index < -0.39 is 11.2 Å². The zero-order valence-corrected chi connectivity index (χ0v) is 17.8. The third-order valence-corrected chi connectivity index (χ3v) is 5.89. The largest absolute Gasteiger partial charge is 0.494 e. The van der Waals surface area contributed by atoms with Crippen LogP contribution < -0.4 is 16.0 Å². The molecule has 1 aliphatic rings. The van der Waals surface area contributed by atoms with Gasteiger partial charge in [0, 0.05) is 30.8 Å². The van der Waals surface area contributed by atoms with Crippen molar-refractivity contribution < 1.29 is 9.53 Å². The van der Waals surface area contributed by atoms with Gasteiger partial charge in [0.15, 0.2) is 0 Å². The summed E-state index contributed by atoms with van der Waals surface area (Å²) in [6.07, 6.45) is 4.82. The van der Waals surface area contributed by atoms with Crippen LogP contribution in [0.2, 0.25) is 0 Å². The van der Waals surface area contributed by atoms with E-state index >= 15 is 0 Å². The molecule has 0 unspecified atom stereocenters. The summed E-state index contributed by atoms with van der Waals surface area (Å²) in [4.78, 5) is 42.5. The van der Waals surface area contributed by atoms with E-state index in [0.29, 0.717) is 30.2 Å². The number of amides is 1. The molecule has 0 spiro atoms. The third-order valence-electron chi connectivity index (χ3n) is 5.89. The van der Waals surface area contributed by atoms with Crippen LogP contribution in [0.3, 0.4) is 0 Å². The van der Waals surface area contributed by atoms with Crippen LogP contribution in [-0.4, -0.2) is 40.5 Å². The minimum atomic E-state index is -0.514. The van der Waals surface area contributed by atoms with Crippen LogP contribution in [0.15, 0.2) is 33.9 Å². The Morgan fingerprint density at radius 3 is 2.43 bits per heavy atom. The van der Waals surface area contributed by atoms with Crippen molar-refractivity contribution in [3.63, 3.8) is 0 Å². The standard InChI is InChI=1S/C23H31N3O4/c1-3-30-19-8-6-17(7-9-19)4-5-18-12-14-26(15-13-18)21(27)11-10-20-16(2)24-23(29)25-22(20)28/h6-9,18H,3-5,10-15H2,1-2H3,(H2,24,25,28,29). The fraction of sp³-hybridized carbons (Fsp3) is 0.522. The van der Waals surface area contributed by atoms with E-state index in [4.69, 9.17) is 4.74 Å². The summed E-state index contributed by atoms with van der Waals surface area (Å²) in [7, 11) is 0. The molecule has 0 radical (unpaired) electrons. The first-order valence-electron chi connectivity index (χ1n) is 10.8. The molecule has 162 valence electrons. The molecule has 3 rings (SSSR count). The Labute approximate surface area is 176 Å². The molecule has 1 saturated heterocycles. The number of likely N-dealkylation sites (tertiary alicyclic amines) is 1. The lowest BCUT2D eigenvalue weighted by atomic mass is 9.90. The molecule has 1 aliphatic heterocycles. The van der Waals surface area contributed by atoms with Crippen molar-refractivity contribution in [3.05, 3.63) is 61.9 Å². The van der Waals surface area contributed by atoms with Crippen LogP contribution in [0, 0.1) is 12.8 Å². The van der Waals surface area contributed by atoms with Crippen molar-refractivity contribution in [2.24, 2.45) is 5.92 Å². The third kappa shape index (κ3) is 5.84. The van der Waals surface area contributed by atoms with E-state index in [2.05, 4.69) is 22.1 Å². The predicted molar refractivity (Wildman–Crippen MR) is 116 cm³/mol. The average Bonchev–Trinajstić information content (AvgIpc) is 2.73. The Balaban J connectivity index is 1.42. The highest BCUT2D eigenvalue weighted by atomic mass is 16.5. The maximum atomic E-state index is 12.6. The summed E-state index contributed by atoms with van der Waals surface area (Å²) < 4.78 is 5.48. The lowest BCUT2D eigenvalue weighted by Crippen LogP contribution is -2.39. The predicted octanol–water partition coefficient (Wildman–Crippen LogP) is 2.57. The summed E-state index contributed by atoms with van der Waals surface area (Å²) in [5.41, 5.74) is 1.41. The number of hydrogen-bond donors (Lipinski definition) is 2. The van der Waals surface area contributed by atoms with Gasteiger partial charge in [0.2, 0.25) is 5.91 Å². The van der Waals surface area contributed by atoms with E-state index in [1.165, 1.54) is 5.56 Å². The van der Waals surface area contributed by atoms with Gasteiger partial charge in [0.25, 0.3) is 5.56 Å². The minimum absolute atomic E-state index is 0.0740. The Morgan fingerprint density at radius 2 is 1.80 bits per heavy atom. The normalized spacial score (nSPS) is 14.7. The van der Waals surface area contributed by atoms with Crippen LogP contribution in [0.1, 0.15) is 49.4 Å². The number of benzene rings is 1. The summed E-state index contributed by atoms with van der Waals surface area (Å²) in [6, 6.07) is 8.30. The van der Waals surface area contributed by atoms with Gasteiger partial charge < -0.3 is 14.6 Å². The number of nitrogens with zero attached hydrogens (tertiary/aromatic N) is 1. The van der Waals surface area contributed by atoms with Crippen LogP contribution in [0.25, 0.3) is 0 Å². The number of carbonyl (C=O) groups excluding carboxylic acids is 1. The lowest BCUT2D eigenvalue weighted by Gasteiger charge is -2.32. The summed E-state index contributed by atoms with van der Waals surface area (Å²) in [5.74, 6) is 1.61. The smallest absolute Gasteiger partial charge is 0.325 e. The molecule has 1 aromatic carbocycles. The Kier molecular flexibility index (Phi) is 7.49. The van der Waals surface area contributed by atoms with E-state index in [1.54, 1.807) is 6.92 Å². The number of aromatic nitrogens is 2. The molecule has 0 saturated carbocycles. The van der Waals surface area contributed by atoms with E-state index in [0.717, 1.165) is 44.5 Å². The molecule has 1 fully saturated rings. The highest BCUT2D eigenvalue weighted by molar-refractivity contribution is 5.76. The van der Waals surface area contributed by atoms with Gasteiger partial charge in [-0.05, 0) is 69.6 Å². The first-order valence-corrected chi connectivity index (χ1v) is 10.8. The van der Waals surface area contributed by atoms with Crippen molar-refractivity contribution in [1.82, 2.24) is 14.9 Å². The molecule has 1 aromatic heterocycles. The second-order valence-electron chi connectivity index (χ2n) is 7.95. The van der Waals surface area contributed by atoms with Crippen molar-refractivity contribution in [3.8, 4) is 5.75 Å². The Hall–Kier alpha value is -2.83. The van der Waals surface area contributed by atoms with Crippen molar-refractivity contribution in [2.45, 2.75) is 52.4 Å². The molecule has 7 nitrogen and oxygen atoms in total. The van der Waals surface area contributed by atoms with Crippen molar-refractivity contribution in [1.29, 1.82) is 0 Å². The zero-order valence-electron chi connectivity index (χ0n) is 17.8. The van der Waals surface area contributed by atoms with Crippen LogP contribution >= 0.6 is 0 Å². The maximum absolute atomic E-state index is 12.6. The van der Waals surface area contributed by atoms with Gasteiger partial charge in [-0.15, -0.1) is 0 Å². The topological polar surface area (TPSA) is 95.3 Å². The number of hydrogen-bond acceptors (Lipinski definition) is 4. The molecule has 2 heterocycles. The first-order chi connectivity index (χ1) is 14.5. The lowest BCUT2D eigenvalue weighted by molar-refractivity contribution is -0.132. The Bertz CT molecular complexity index is 954. The summed E-state index contributed by atoms with van der Waals surface area (Å²) in [6.45, 7) is 5.89. The first kappa shape index (κ1) is 21.9. The number of aromatic amines is 2. The SMILES string of the molecule is CCOc1ccc(CCC2CCN(C(=O)CCc3c(C)[nH]c(=O)[nH]c3=O)CC2)cc1. The molecule has 0 atom stereocenters. The van der Waals surface area contributed by atoms with Gasteiger partial charge in [0.05, 0.1) is 6.61 Å². The molecule has 30 heavy (non-hydrogen) atoms. The molecular weight excluding hydrogens is 382 g/mol. The molecule has 0 bridgehead atoms. The molecule has 0 aliphatic carbocycles. The molecule has 2 N–H and O–H groups in total. The second kappa shape index (κ2) is 10.3. The monoisotopic (exact) mass is 413 g/mol. The average molecular weight is 414 g/mol. The van der Waals surface area contributed by atoms with Gasteiger partial charge >= 0.3 is 5.69 Å². The van der Waals surface area contributed by atoms with Gasteiger partial charge in [-0.2, -0.15) is 0 Å². The van der Waals surface area contributed by atoms with Gasteiger partial charge in [-0.25, -0.2) is 4.79 Å². The fourth-order valence-corrected chi connectivity index (χ4v) is 4.08. The van der Waals surface area contributed by atoms with E-state index in [-0.39, 0.29) is 12.3 Å².